The minimum atomic E-state index is 0.227. The number of amides is 1. The van der Waals surface area contributed by atoms with Gasteiger partial charge in [0.05, 0.1) is 0 Å². The summed E-state index contributed by atoms with van der Waals surface area (Å²) >= 11 is 0. The van der Waals surface area contributed by atoms with Gasteiger partial charge in [-0.3, -0.25) is 9.78 Å². The number of nitrogens with zero attached hydrogens (tertiary/aromatic N) is 2. The van der Waals surface area contributed by atoms with E-state index in [1.165, 1.54) is 56.9 Å². The molecule has 0 radical (unpaired) electrons. The van der Waals surface area contributed by atoms with Crippen LogP contribution in [0.15, 0.2) is 30.6 Å². The molecule has 4 aliphatic rings. The maximum absolute atomic E-state index is 11.9. The van der Waals surface area contributed by atoms with Crippen LogP contribution in [0.4, 0.5) is 0 Å². The first-order chi connectivity index (χ1) is 14.3. The van der Waals surface area contributed by atoms with Gasteiger partial charge in [0.2, 0.25) is 5.91 Å². The van der Waals surface area contributed by atoms with Gasteiger partial charge in [-0.1, -0.05) is 26.0 Å². The maximum Gasteiger partial charge on any atom is 0.219 e. The number of allylic oxidation sites excluding steroid dienone is 2. The van der Waals surface area contributed by atoms with Gasteiger partial charge in [0.15, 0.2) is 0 Å². The van der Waals surface area contributed by atoms with E-state index in [0.717, 1.165) is 23.7 Å². The monoisotopic (exact) mass is 406 g/mol. The largest absolute Gasteiger partial charge is 0.343 e. The fraction of sp³-hybridized carbons (Fsp3) is 0.704. The second-order valence-corrected chi connectivity index (χ2v) is 11.3. The van der Waals surface area contributed by atoms with Crippen LogP contribution in [-0.2, 0) is 4.79 Å². The number of aromatic nitrogens is 1. The van der Waals surface area contributed by atoms with Gasteiger partial charge in [-0.15, -0.1) is 0 Å². The number of pyridine rings is 1. The molecule has 162 valence electrons. The van der Waals surface area contributed by atoms with Crippen LogP contribution in [-0.4, -0.2) is 28.9 Å². The van der Waals surface area contributed by atoms with Gasteiger partial charge in [0.1, 0.15) is 0 Å². The number of rotatable bonds is 2. The Balaban J connectivity index is 1.37. The highest BCUT2D eigenvalue weighted by Gasteiger charge is 2.58. The normalized spacial score (nSPS) is 42.5. The molecule has 3 heteroatoms. The Hall–Kier alpha value is -1.64. The van der Waals surface area contributed by atoms with E-state index < -0.39 is 0 Å². The predicted molar refractivity (Wildman–Crippen MR) is 122 cm³/mol. The molecule has 1 aromatic rings. The minimum Gasteiger partial charge on any atom is -0.343 e. The fourth-order valence-electron chi connectivity index (χ4n) is 8.38. The third-order valence-corrected chi connectivity index (χ3v) is 10.2. The molecule has 3 fully saturated rings. The molecule has 0 spiro atoms. The molecule has 0 N–H and O–H groups in total. The van der Waals surface area contributed by atoms with Crippen molar-refractivity contribution in [1.82, 2.24) is 9.88 Å². The van der Waals surface area contributed by atoms with Crippen LogP contribution < -0.4 is 0 Å². The van der Waals surface area contributed by atoms with Crippen LogP contribution in [0.2, 0.25) is 0 Å². The molecule has 0 saturated heterocycles. The molecule has 30 heavy (non-hydrogen) atoms. The van der Waals surface area contributed by atoms with Gasteiger partial charge in [-0.2, -0.15) is 0 Å². The highest BCUT2D eigenvalue weighted by atomic mass is 16.2. The van der Waals surface area contributed by atoms with Crippen molar-refractivity contribution in [1.29, 1.82) is 0 Å². The summed E-state index contributed by atoms with van der Waals surface area (Å²) in [6.07, 6.45) is 16.9. The van der Waals surface area contributed by atoms with Gasteiger partial charge in [0, 0.05) is 32.4 Å². The van der Waals surface area contributed by atoms with Crippen molar-refractivity contribution in [3.8, 4) is 0 Å². The topological polar surface area (TPSA) is 33.2 Å². The third kappa shape index (κ3) is 2.91. The van der Waals surface area contributed by atoms with Crippen molar-refractivity contribution in [2.24, 2.45) is 34.5 Å². The van der Waals surface area contributed by atoms with Gasteiger partial charge in [-0.05, 0) is 103 Å². The summed E-state index contributed by atoms with van der Waals surface area (Å²) in [6.45, 7) is 6.89. The molecular weight excluding hydrogens is 368 g/mol. The summed E-state index contributed by atoms with van der Waals surface area (Å²) in [5.74, 6) is 3.53. The summed E-state index contributed by atoms with van der Waals surface area (Å²) in [4.78, 5) is 18.4. The molecule has 0 aromatic carbocycles. The molecular formula is C27H38N2O. The molecule has 3 nitrogen and oxygen atoms in total. The lowest BCUT2D eigenvalue weighted by Crippen LogP contribution is -2.55. The number of carbonyl (C=O) groups is 1. The number of hydrogen-bond donors (Lipinski definition) is 0. The second-order valence-electron chi connectivity index (χ2n) is 11.3. The van der Waals surface area contributed by atoms with Crippen molar-refractivity contribution >= 4 is 11.5 Å². The van der Waals surface area contributed by atoms with Crippen molar-refractivity contribution in [2.75, 3.05) is 7.05 Å². The zero-order valence-corrected chi connectivity index (χ0v) is 19.2. The molecule has 1 aromatic heterocycles. The molecule has 1 unspecified atom stereocenters. The zero-order valence-electron chi connectivity index (χ0n) is 19.2. The van der Waals surface area contributed by atoms with Crippen LogP contribution in [0, 0.1) is 34.5 Å². The Labute approximate surface area is 182 Å². The average molecular weight is 407 g/mol. The number of hydrogen-bond acceptors (Lipinski definition) is 2. The average Bonchev–Trinajstić information content (AvgIpc) is 3.10. The van der Waals surface area contributed by atoms with Crippen LogP contribution in [0.3, 0.4) is 0 Å². The smallest absolute Gasteiger partial charge is 0.219 e. The highest BCUT2D eigenvalue weighted by Crippen LogP contribution is 2.67. The van der Waals surface area contributed by atoms with E-state index >= 15 is 0 Å². The van der Waals surface area contributed by atoms with Crippen molar-refractivity contribution in [3.05, 3.63) is 36.2 Å². The van der Waals surface area contributed by atoms with Crippen LogP contribution in [0.5, 0.6) is 0 Å². The Kier molecular flexibility index (Phi) is 4.87. The third-order valence-electron chi connectivity index (χ3n) is 10.2. The number of fused-ring (bicyclic) bond motifs is 5. The highest BCUT2D eigenvalue weighted by molar-refractivity contribution is 5.73. The minimum absolute atomic E-state index is 0.227. The van der Waals surface area contributed by atoms with Crippen molar-refractivity contribution in [3.63, 3.8) is 0 Å². The van der Waals surface area contributed by atoms with E-state index in [2.05, 4.69) is 43.2 Å². The maximum atomic E-state index is 11.9. The predicted octanol–water partition coefficient (Wildman–Crippen LogP) is 5.96. The Morgan fingerprint density at radius 3 is 2.70 bits per heavy atom. The lowest BCUT2D eigenvalue weighted by molar-refractivity contribution is -0.136. The lowest BCUT2D eigenvalue weighted by Gasteiger charge is -2.61. The van der Waals surface area contributed by atoms with Gasteiger partial charge < -0.3 is 4.90 Å². The lowest BCUT2D eigenvalue weighted by atomic mass is 9.44. The summed E-state index contributed by atoms with van der Waals surface area (Å²) in [5, 5.41) is 0. The first-order valence-electron chi connectivity index (χ1n) is 12.2. The SMILES string of the molecule is CC(=O)N(C)[C@H]1CC[C@@]2(C)C(CC[C@@H]3[C@@H]2CC[C@]2(C)C(c4cccnc4)=CC[C@@H]32)C1. The molecule has 0 aliphatic heterocycles. The summed E-state index contributed by atoms with van der Waals surface area (Å²) in [5.41, 5.74) is 3.70. The summed E-state index contributed by atoms with van der Waals surface area (Å²) in [7, 11) is 2.01. The molecule has 0 bridgehead atoms. The summed E-state index contributed by atoms with van der Waals surface area (Å²) < 4.78 is 0. The van der Waals surface area contributed by atoms with Gasteiger partial charge in [0.25, 0.3) is 0 Å². The van der Waals surface area contributed by atoms with Crippen LogP contribution >= 0.6 is 0 Å². The standard InChI is InChI=1S/C27H38N2O/c1-18(30)29(4)21-11-13-26(2)20(16-21)7-8-22-24-10-9-23(19-6-5-15-28-17-19)27(24,3)14-12-25(22)26/h5-6,9,15,17,20-22,24-25H,7-8,10-14,16H2,1-4H3/t20?,21-,22-,24-,25-,26-,27+/m0/s1. The van der Waals surface area contributed by atoms with E-state index in [-0.39, 0.29) is 5.91 Å². The molecule has 1 heterocycles. The summed E-state index contributed by atoms with van der Waals surface area (Å²) in [6, 6.07) is 4.79. The van der Waals surface area contributed by atoms with E-state index in [1.54, 1.807) is 12.5 Å². The first kappa shape index (κ1) is 20.3. The molecule has 5 rings (SSSR count). The fourth-order valence-corrected chi connectivity index (χ4v) is 8.38. The van der Waals surface area contributed by atoms with E-state index in [9.17, 15) is 4.79 Å². The zero-order chi connectivity index (χ0) is 21.1. The molecule has 7 atom stereocenters. The number of carbonyl (C=O) groups excluding carboxylic acids is 1. The second kappa shape index (κ2) is 7.21. The van der Waals surface area contributed by atoms with E-state index in [4.69, 9.17) is 0 Å². The van der Waals surface area contributed by atoms with Crippen molar-refractivity contribution < 1.29 is 4.79 Å². The Morgan fingerprint density at radius 1 is 1.13 bits per heavy atom. The Morgan fingerprint density at radius 2 is 1.97 bits per heavy atom. The van der Waals surface area contributed by atoms with Crippen molar-refractivity contribution in [2.45, 2.75) is 78.2 Å². The van der Waals surface area contributed by atoms with E-state index in [1.807, 2.05) is 18.1 Å². The molecule has 1 amide bonds. The molecule has 4 aliphatic carbocycles. The van der Waals surface area contributed by atoms with Gasteiger partial charge in [-0.25, -0.2) is 0 Å². The Bertz CT molecular complexity index is 848. The quantitative estimate of drug-likeness (QED) is 0.607. The first-order valence-corrected chi connectivity index (χ1v) is 12.2. The molecule has 3 saturated carbocycles. The van der Waals surface area contributed by atoms with Crippen LogP contribution in [0.1, 0.15) is 77.7 Å². The van der Waals surface area contributed by atoms with Crippen LogP contribution in [0.25, 0.3) is 5.57 Å². The van der Waals surface area contributed by atoms with Gasteiger partial charge >= 0.3 is 0 Å². The van der Waals surface area contributed by atoms with E-state index in [0.29, 0.717) is 16.9 Å².